The Balaban J connectivity index is 1.89. The summed E-state index contributed by atoms with van der Waals surface area (Å²) >= 11 is 0. The van der Waals surface area contributed by atoms with Crippen molar-refractivity contribution in [1.29, 1.82) is 0 Å². The molecule has 1 saturated carbocycles. The van der Waals surface area contributed by atoms with Gasteiger partial charge < -0.3 is 5.32 Å². The Hall–Kier alpha value is -0.0800. The van der Waals surface area contributed by atoms with Crippen molar-refractivity contribution in [3.63, 3.8) is 0 Å². The summed E-state index contributed by atoms with van der Waals surface area (Å²) in [7, 11) is 0. The van der Waals surface area contributed by atoms with Crippen molar-refractivity contribution in [2.45, 2.75) is 71.4 Å². The minimum atomic E-state index is 0.725. The lowest BCUT2D eigenvalue weighted by Gasteiger charge is -2.45. The van der Waals surface area contributed by atoms with Crippen LogP contribution in [0.2, 0.25) is 0 Å². The molecule has 1 N–H and O–H groups in total. The van der Waals surface area contributed by atoms with Gasteiger partial charge in [0, 0.05) is 31.7 Å². The summed E-state index contributed by atoms with van der Waals surface area (Å²) in [6, 6.07) is 1.53. The van der Waals surface area contributed by atoms with E-state index in [1.165, 1.54) is 58.2 Å². The fourth-order valence-electron chi connectivity index (χ4n) is 3.40. The van der Waals surface area contributed by atoms with Gasteiger partial charge in [-0.25, -0.2) is 0 Å². The van der Waals surface area contributed by atoms with Crippen LogP contribution >= 0.6 is 0 Å². The Labute approximate surface area is 114 Å². The van der Waals surface area contributed by atoms with Crippen LogP contribution in [0, 0.1) is 11.8 Å². The minimum Gasteiger partial charge on any atom is -0.311 e. The van der Waals surface area contributed by atoms with E-state index in [1.54, 1.807) is 0 Å². The maximum Gasteiger partial charge on any atom is 0.0221 e. The first kappa shape index (κ1) is 14.3. The van der Waals surface area contributed by atoms with Gasteiger partial charge in [0.2, 0.25) is 0 Å². The van der Waals surface area contributed by atoms with Crippen molar-refractivity contribution in [3.8, 4) is 0 Å². The topological polar surface area (TPSA) is 15.3 Å². The normalized spacial score (nSPS) is 32.2. The number of rotatable bonds is 6. The van der Waals surface area contributed by atoms with Gasteiger partial charge >= 0.3 is 0 Å². The second kappa shape index (κ2) is 6.91. The molecule has 0 aromatic carbocycles. The van der Waals surface area contributed by atoms with Gasteiger partial charge in [-0.2, -0.15) is 0 Å². The highest BCUT2D eigenvalue weighted by Gasteiger charge is 2.32. The number of piperazine rings is 1. The van der Waals surface area contributed by atoms with E-state index < -0.39 is 0 Å². The summed E-state index contributed by atoms with van der Waals surface area (Å²) in [5, 5.41) is 3.80. The monoisotopic (exact) mass is 252 g/mol. The average molecular weight is 252 g/mol. The first-order valence-electron chi connectivity index (χ1n) is 8.22. The molecule has 3 atom stereocenters. The smallest absolute Gasteiger partial charge is 0.0221 e. The fraction of sp³-hybridized carbons (Fsp3) is 1.00. The number of hydrogen-bond donors (Lipinski definition) is 1. The predicted octanol–water partition coefficient (Wildman–Crippen LogP) is 3.28. The van der Waals surface area contributed by atoms with E-state index in [4.69, 9.17) is 0 Å². The molecule has 0 amide bonds. The zero-order chi connectivity index (χ0) is 13.0. The highest BCUT2D eigenvalue weighted by Crippen LogP contribution is 2.29. The van der Waals surface area contributed by atoms with Gasteiger partial charge in [-0.05, 0) is 31.1 Å². The van der Waals surface area contributed by atoms with Gasteiger partial charge in [-0.1, -0.05) is 40.0 Å². The summed E-state index contributed by atoms with van der Waals surface area (Å²) in [6.07, 6.45) is 8.43. The molecule has 3 unspecified atom stereocenters. The molecule has 2 rings (SSSR count). The Bertz CT molecular complexity index is 237. The molecule has 0 aromatic rings. The van der Waals surface area contributed by atoms with Crippen LogP contribution in [0.3, 0.4) is 0 Å². The van der Waals surface area contributed by atoms with Gasteiger partial charge in [0.15, 0.2) is 0 Å². The molecular formula is C16H32N2. The lowest BCUT2D eigenvalue weighted by molar-refractivity contribution is 0.0702. The number of nitrogens with one attached hydrogen (secondary N) is 1. The first-order valence-corrected chi connectivity index (χ1v) is 8.22. The van der Waals surface area contributed by atoms with Crippen molar-refractivity contribution in [3.05, 3.63) is 0 Å². The Morgan fingerprint density at radius 2 is 2.06 bits per heavy atom. The molecule has 2 heteroatoms. The fourth-order valence-corrected chi connectivity index (χ4v) is 3.40. The lowest BCUT2D eigenvalue weighted by Crippen LogP contribution is -2.59. The highest BCUT2D eigenvalue weighted by molar-refractivity contribution is 4.89. The van der Waals surface area contributed by atoms with Crippen LogP contribution in [0.5, 0.6) is 0 Å². The molecule has 1 aliphatic heterocycles. The molecule has 2 fully saturated rings. The van der Waals surface area contributed by atoms with Gasteiger partial charge in [0.1, 0.15) is 0 Å². The maximum atomic E-state index is 3.80. The summed E-state index contributed by atoms with van der Waals surface area (Å²) in [4.78, 5) is 2.82. The molecule has 2 aliphatic rings. The van der Waals surface area contributed by atoms with E-state index >= 15 is 0 Å². The maximum absolute atomic E-state index is 3.80. The van der Waals surface area contributed by atoms with Gasteiger partial charge in [0.25, 0.3) is 0 Å². The third-order valence-corrected chi connectivity index (χ3v) is 5.23. The van der Waals surface area contributed by atoms with E-state index in [9.17, 15) is 0 Å². The van der Waals surface area contributed by atoms with Gasteiger partial charge in [0.05, 0.1) is 0 Å². The first-order chi connectivity index (χ1) is 8.74. The number of nitrogens with zero attached hydrogens (tertiary/aromatic N) is 1. The second-order valence-electron chi connectivity index (χ2n) is 6.59. The molecule has 2 nitrogen and oxygen atoms in total. The minimum absolute atomic E-state index is 0.725. The van der Waals surface area contributed by atoms with Crippen molar-refractivity contribution < 1.29 is 0 Å². The lowest BCUT2D eigenvalue weighted by atomic mass is 9.84. The summed E-state index contributed by atoms with van der Waals surface area (Å²) < 4.78 is 0. The van der Waals surface area contributed by atoms with E-state index in [0.717, 1.165) is 23.9 Å². The summed E-state index contributed by atoms with van der Waals surface area (Å²) in [5.41, 5.74) is 0. The molecule has 18 heavy (non-hydrogen) atoms. The quantitative estimate of drug-likeness (QED) is 0.780. The van der Waals surface area contributed by atoms with Crippen LogP contribution < -0.4 is 5.32 Å². The molecule has 1 saturated heterocycles. The number of hydrogen-bond acceptors (Lipinski definition) is 2. The second-order valence-corrected chi connectivity index (χ2v) is 6.59. The van der Waals surface area contributed by atoms with E-state index in [-0.39, 0.29) is 0 Å². The van der Waals surface area contributed by atoms with Crippen LogP contribution in [0.15, 0.2) is 0 Å². The molecule has 1 heterocycles. The zero-order valence-corrected chi connectivity index (χ0v) is 12.6. The van der Waals surface area contributed by atoms with Crippen LogP contribution in [-0.2, 0) is 0 Å². The van der Waals surface area contributed by atoms with Crippen LogP contribution in [0.25, 0.3) is 0 Å². The average Bonchev–Trinajstić information content (AvgIpc) is 2.34. The van der Waals surface area contributed by atoms with E-state index in [0.29, 0.717) is 0 Å². The van der Waals surface area contributed by atoms with Crippen molar-refractivity contribution in [2.75, 3.05) is 19.6 Å². The van der Waals surface area contributed by atoms with Gasteiger partial charge in [-0.15, -0.1) is 0 Å². The Kier molecular flexibility index (Phi) is 5.50. The standard InChI is InChI=1S/C16H32N2/c1-4-7-15-10-17-16(13(3)5-2)12-18(15)11-14-8-6-9-14/h13-17H,4-12H2,1-3H3. The van der Waals surface area contributed by atoms with E-state index in [1.807, 2.05) is 0 Å². The molecule has 0 spiro atoms. The van der Waals surface area contributed by atoms with Gasteiger partial charge in [-0.3, -0.25) is 4.90 Å². The third-order valence-electron chi connectivity index (χ3n) is 5.23. The highest BCUT2D eigenvalue weighted by atomic mass is 15.2. The SMILES string of the molecule is CCCC1CNC(C(C)CC)CN1CC1CCC1. The molecule has 1 aliphatic carbocycles. The molecule has 0 bridgehead atoms. The molecule has 0 aromatic heterocycles. The predicted molar refractivity (Wildman–Crippen MR) is 78.9 cm³/mol. The van der Waals surface area contributed by atoms with Crippen molar-refractivity contribution in [1.82, 2.24) is 10.2 Å². The largest absolute Gasteiger partial charge is 0.311 e. The molecule has 106 valence electrons. The Morgan fingerprint density at radius 1 is 1.28 bits per heavy atom. The van der Waals surface area contributed by atoms with E-state index in [2.05, 4.69) is 31.0 Å². The zero-order valence-electron chi connectivity index (χ0n) is 12.6. The Morgan fingerprint density at radius 3 is 2.61 bits per heavy atom. The molecule has 0 radical (unpaired) electrons. The van der Waals surface area contributed by atoms with Crippen molar-refractivity contribution >= 4 is 0 Å². The van der Waals surface area contributed by atoms with Crippen molar-refractivity contribution in [2.24, 2.45) is 11.8 Å². The molecular weight excluding hydrogens is 220 g/mol. The summed E-state index contributed by atoms with van der Waals surface area (Å²) in [5.74, 6) is 1.83. The summed E-state index contributed by atoms with van der Waals surface area (Å²) in [6.45, 7) is 10.9. The third kappa shape index (κ3) is 3.48. The van der Waals surface area contributed by atoms with Crippen LogP contribution in [-0.4, -0.2) is 36.6 Å². The van der Waals surface area contributed by atoms with Crippen LogP contribution in [0.4, 0.5) is 0 Å². The van der Waals surface area contributed by atoms with Crippen LogP contribution in [0.1, 0.15) is 59.3 Å².